The molecule has 1 aliphatic carbocycles. The van der Waals surface area contributed by atoms with Gasteiger partial charge >= 0.3 is 6.03 Å². The fraction of sp³-hybridized carbons (Fsp3) is 0.667. The number of benzene rings is 1. The normalized spacial score (nSPS) is 22.8. The summed E-state index contributed by atoms with van der Waals surface area (Å²) in [6, 6.07) is 6.71. The Bertz CT molecular complexity index is 658. The van der Waals surface area contributed by atoms with E-state index in [4.69, 9.17) is 23.2 Å². The van der Waals surface area contributed by atoms with E-state index in [9.17, 15) is 4.79 Å². The molecule has 3 rings (SSSR count). The lowest BCUT2D eigenvalue weighted by atomic mass is 9.84. The summed E-state index contributed by atoms with van der Waals surface area (Å²) in [5, 5.41) is 7.17. The highest BCUT2D eigenvalue weighted by Gasteiger charge is 2.32. The van der Waals surface area contributed by atoms with Gasteiger partial charge in [0.05, 0.1) is 15.7 Å². The molecule has 2 N–H and O–H groups in total. The van der Waals surface area contributed by atoms with Crippen molar-refractivity contribution in [2.24, 2.45) is 5.92 Å². The monoisotopic (exact) mass is 426 g/mol. The van der Waals surface area contributed by atoms with Gasteiger partial charge in [0.25, 0.3) is 0 Å². The molecule has 2 fully saturated rings. The van der Waals surface area contributed by atoms with Crippen molar-refractivity contribution in [1.82, 2.24) is 15.5 Å². The first-order valence-electron chi connectivity index (χ1n) is 10.4. The number of nitrogens with zero attached hydrogens (tertiary/aromatic N) is 2. The molecule has 2 aliphatic rings. The third-order valence-electron chi connectivity index (χ3n) is 6.17. The second-order valence-electron chi connectivity index (χ2n) is 8.12. The summed E-state index contributed by atoms with van der Waals surface area (Å²) in [7, 11) is 2.23. The molecule has 1 heterocycles. The molecule has 1 aliphatic heterocycles. The predicted octanol–water partition coefficient (Wildman–Crippen LogP) is 4.38. The van der Waals surface area contributed by atoms with Crippen molar-refractivity contribution in [3.63, 3.8) is 0 Å². The zero-order chi connectivity index (χ0) is 20.1. The van der Waals surface area contributed by atoms with Gasteiger partial charge in [-0.25, -0.2) is 4.79 Å². The first-order valence-corrected chi connectivity index (χ1v) is 11.2. The van der Waals surface area contributed by atoms with Crippen molar-refractivity contribution in [2.75, 3.05) is 38.1 Å². The van der Waals surface area contributed by atoms with E-state index < -0.39 is 0 Å². The van der Waals surface area contributed by atoms with Crippen LogP contribution < -0.4 is 15.5 Å². The Morgan fingerprint density at radius 3 is 2.61 bits per heavy atom. The Hall–Kier alpha value is -1.17. The molecule has 5 nitrogen and oxygen atoms in total. The third kappa shape index (κ3) is 5.46. The topological polar surface area (TPSA) is 47.6 Å². The van der Waals surface area contributed by atoms with Crippen molar-refractivity contribution >= 4 is 34.9 Å². The molecule has 1 saturated carbocycles. The standard InChI is InChI=1S/C21H32Cl2N4O/c1-3-24-21(28)25-16-9-7-15(8-10-16)11-12-26(2)17-13-27(14-17)19-6-4-5-18(22)20(19)23/h4-6,15-17H,3,7-14H2,1-2H3,(H2,24,25,28). The van der Waals surface area contributed by atoms with Gasteiger partial charge in [0, 0.05) is 31.7 Å². The van der Waals surface area contributed by atoms with E-state index in [0.29, 0.717) is 28.7 Å². The highest BCUT2D eigenvalue weighted by molar-refractivity contribution is 6.43. The first kappa shape index (κ1) is 21.5. The Kier molecular flexibility index (Phi) is 7.72. The van der Waals surface area contributed by atoms with Crippen LogP contribution in [-0.2, 0) is 0 Å². The second-order valence-corrected chi connectivity index (χ2v) is 8.91. The number of anilines is 1. The third-order valence-corrected chi connectivity index (χ3v) is 6.98. The second kappa shape index (κ2) is 10.0. The minimum absolute atomic E-state index is 0.0278. The van der Waals surface area contributed by atoms with E-state index in [1.807, 2.05) is 25.1 Å². The molecule has 1 saturated heterocycles. The van der Waals surface area contributed by atoms with Crippen LogP contribution >= 0.6 is 23.2 Å². The highest BCUT2D eigenvalue weighted by Crippen LogP contribution is 2.35. The Balaban J connectivity index is 1.34. The molecule has 0 radical (unpaired) electrons. The number of likely N-dealkylation sites (N-methyl/N-ethyl adjacent to an activating group) is 1. The SMILES string of the molecule is CCNC(=O)NC1CCC(CCN(C)C2CN(c3cccc(Cl)c3Cl)C2)CC1. The van der Waals surface area contributed by atoms with E-state index in [-0.39, 0.29) is 6.03 Å². The van der Waals surface area contributed by atoms with Crippen LogP contribution in [0.2, 0.25) is 10.0 Å². The molecular weight excluding hydrogens is 395 g/mol. The number of carbonyl (C=O) groups excluding carboxylic acids is 1. The minimum Gasteiger partial charge on any atom is -0.367 e. The molecule has 0 unspecified atom stereocenters. The zero-order valence-corrected chi connectivity index (χ0v) is 18.4. The fourth-order valence-electron chi connectivity index (χ4n) is 4.23. The maximum absolute atomic E-state index is 11.6. The summed E-state index contributed by atoms with van der Waals surface area (Å²) < 4.78 is 0. The summed E-state index contributed by atoms with van der Waals surface area (Å²) >= 11 is 12.5. The quantitative estimate of drug-likeness (QED) is 0.679. The van der Waals surface area contributed by atoms with Crippen LogP contribution in [0.4, 0.5) is 10.5 Å². The van der Waals surface area contributed by atoms with Gasteiger partial charge in [0.1, 0.15) is 0 Å². The largest absolute Gasteiger partial charge is 0.367 e. The molecule has 0 spiro atoms. The van der Waals surface area contributed by atoms with E-state index in [1.165, 1.54) is 19.3 Å². The Morgan fingerprint density at radius 2 is 1.93 bits per heavy atom. The molecule has 28 heavy (non-hydrogen) atoms. The molecule has 1 aromatic rings. The van der Waals surface area contributed by atoms with Crippen molar-refractivity contribution in [3.8, 4) is 0 Å². The number of amides is 2. The molecule has 0 bridgehead atoms. The van der Waals surface area contributed by atoms with Crippen molar-refractivity contribution in [1.29, 1.82) is 0 Å². The Labute approximate surface area is 178 Å². The Morgan fingerprint density at radius 1 is 1.21 bits per heavy atom. The number of hydrogen-bond donors (Lipinski definition) is 2. The van der Waals surface area contributed by atoms with Crippen LogP contribution in [0.25, 0.3) is 0 Å². The smallest absolute Gasteiger partial charge is 0.314 e. The van der Waals surface area contributed by atoms with Crippen LogP contribution in [0.15, 0.2) is 18.2 Å². The van der Waals surface area contributed by atoms with Crippen LogP contribution in [0, 0.1) is 5.92 Å². The van der Waals surface area contributed by atoms with Gasteiger partial charge in [-0.15, -0.1) is 0 Å². The number of hydrogen-bond acceptors (Lipinski definition) is 3. The van der Waals surface area contributed by atoms with Gasteiger partial charge in [-0.2, -0.15) is 0 Å². The maximum Gasteiger partial charge on any atom is 0.314 e. The summed E-state index contributed by atoms with van der Waals surface area (Å²) in [6.07, 6.45) is 5.84. The molecule has 7 heteroatoms. The number of urea groups is 1. The fourth-order valence-corrected chi connectivity index (χ4v) is 4.64. The molecule has 0 aromatic heterocycles. The summed E-state index contributed by atoms with van der Waals surface area (Å²) in [4.78, 5) is 16.4. The lowest BCUT2D eigenvalue weighted by Crippen LogP contribution is -2.58. The number of rotatable bonds is 7. The number of nitrogens with one attached hydrogen (secondary N) is 2. The average Bonchev–Trinajstić information content (AvgIpc) is 2.63. The van der Waals surface area contributed by atoms with Crippen molar-refractivity contribution in [2.45, 2.75) is 51.1 Å². The van der Waals surface area contributed by atoms with Gasteiger partial charge in [0.2, 0.25) is 0 Å². The molecule has 0 atom stereocenters. The molecular formula is C21H32Cl2N4O. The van der Waals surface area contributed by atoms with E-state index in [2.05, 4.69) is 27.5 Å². The molecule has 2 amide bonds. The van der Waals surface area contributed by atoms with Crippen LogP contribution in [0.3, 0.4) is 0 Å². The van der Waals surface area contributed by atoms with E-state index >= 15 is 0 Å². The van der Waals surface area contributed by atoms with E-state index in [0.717, 1.165) is 44.1 Å². The summed E-state index contributed by atoms with van der Waals surface area (Å²) in [5.74, 6) is 0.772. The maximum atomic E-state index is 11.6. The molecule has 1 aromatic carbocycles. The van der Waals surface area contributed by atoms with Gasteiger partial charge in [0.15, 0.2) is 0 Å². The van der Waals surface area contributed by atoms with Crippen LogP contribution in [0.1, 0.15) is 39.0 Å². The van der Waals surface area contributed by atoms with Crippen LogP contribution in [0.5, 0.6) is 0 Å². The van der Waals surface area contributed by atoms with E-state index in [1.54, 1.807) is 0 Å². The lowest BCUT2D eigenvalue weighted by molar-refractivity contribution is 0.178. The van der Waals surface area contributed by atoms with Gasteiger partial charge < -0.3 is 15.5 Å². The zero-order valence-electron chi connectivity index (χ0n) is 16.9. The van der Waals surface area contributed by atoms with Crippen LogP contribution in [-0.4, -0.2) is 56.2 Å². The lowest BCUT2D eigenvalue weighted by Gasteiger charge is -2.46. The average molecular weight is 427 g/mol. The van der Waals surface area contributed by atoms with Gasteiger partial charge in [-0.05, 0) is 70.7 Å². The number of carbonyl (C=O) groups is 1. The van der Waals surface area contributed by atoms with Crippen molar-refractivity contribution in [3.05, 3.63) is 28.2 Å². The summed E-state index contributed by atoms with van der Waals surface area (Å²) in [6.45, 7) is 5.74. The van der Waals surface area contributed by atoms with Gasteiger partial charge in [-0.3, -0.25) is 4.90 Å². The predicted molar refractivity (Wildman–Crippen MR) is 118 cm³/mol. The van der Waals surface area contributed by atoms with Gasteiger partial charge in [-0.1, -0.05) is 29.3 Å². The highest BCUT2D eigenvalue weighted by atomic mass is 35.5. The number of halogens is 2. The first-order chi connectivity index (χ1) is 13.5. The molecule has 156 valence electrons. The minimum atomic E-state index is -0.0278. The van der Waals surface area contributed by atoms with Crippen molar-refractivity contribution < 1.29 is 4.79 Å². The summed E-state index contributed by atoms with van der Waals surface area (Å²) in [5.41, 5.74) is 1.04.